The first-order valence-electron chi connectivity index (χ1n) is 19.0. The number of esters is 2. The van der Waals surface area contributed by atoms with Crippen LogP contribution in [-0.4, -0.2) is 138 Å². The molecule has 6 rings (SSSR count). The molecule has 338 valence electrons. The van der Waals surface area contributed by atoms with Gasteiger partial charge in [0.05, 0.1) is 5.92 Å². The quantitative estimate of drug-likeness (QED) is 0.0635. The maximum atomic E-state index is 13.6. The van der Waals surface area contributed by atoms with Crippen molar-refractivity contribution < 1.29 is 37.1 Å². The monoisotopic (exact) mass is 924 g/mol. The second-order valence-corrected chi connectivity index (χ2v) is 15.2. The first kappa shape index (κ1) is 45.7. The van der Waals surface area contributed by atoms with E-state index in [9.17, 15) is 32.3 Å². The Morgan fingerprint density at radius 1 is 0.587 bits per heavy atom. The molecule has 0 aliphatic carbocycles. The van der Waals surface area contributed by atoms with Crippen LogP contribution in [-0.2, 0) is 14.3 Å². The lowest BCUT2D eigenvalue weighted by molar-refractivity contribution is -0.203. The van der Waals surface area contributed by atoms with Crippen LogP contribution < -0.4 is 49.1 Å². The van der Waals surface area contributed by atoms with Crippen molar-refractivity contribution in [3.8, 4) is 0 Å². The van der Waals surface area contributed by atoms with E-state index < -0.39 is 59.8 Å². The molecule has 3 fully saturated rings. The van der Waals surface area contributed by atoms with Crippen molar-refractivity contribution in [2.24, 2.45) is 17.4 Å². The molecule has 6 heterocycles. The van der Waals surface area contributed by atoms with Crippen molar-refractivity contribution in [1.82, 2.24) is 44.7 Å². The molecule has 2 amide bonds. The first-order valence-corrected chi connectivity index (χ1v) is 19.8. The zero-order valence-corrected chi connectivity index (χ0v) is 34.5. The highest BCUT2D eigenvalue weighted by Gasteiger charge is 2.44. The third kappa shape index (κ3) is 9.95. The van der Waals surface area contributed by atoms with Crippen LogP contribution in [0.15, 0.2) is 0 Å². The van der Waals surface area contributed by atoms with Crippen LogP contribution in [0.2, 0.25) is 10.3 Å². The highest BCUT2D eigenvalue weighted by atomic mass is 35.5. The highest BCUT2D eigenvalue weighted by molar-refractivity contribution is 6.32. The average Bonchev–Trinajstić information content (AvgIpc) is 3.23. The molecular formula is C33H41Cl2F3N20O5. The number of hydrogen-bond acceptors (Lipinski definition) is 21. The van der Waals surface area contributed by atoms with Crippen molar-refractivity contribution in [3.05, 3.63) is 21.7 Å². The Morgan fingerprint density at radius 3 is 1.24 bits per heavy atom. The number of guanidine groups is 2. The lowest BCUT2D eigenvalue weighted by Gasteiger charge is -2.39. The second-order valence-electron chi connectivity index (χ2n) is 14.5. The van der Waals surface area contributed by atoms with Crippen molar-refractivity contribution >= 4 is 100.0 Å². The molecule has 30 heteroatoms. The zero-order chi connectivity index (χ0) is 46.1. The van der Waals surface area contributed by atoms with Crippen molar-refractivity contribution in [1.29, 1.82) is 10.8 Å². The van der Waals surface area contributed by atoms with E-state index in [2.05, 4.69) is 24.7 Å². The highest BCUT2D eigenvalue weighted by Crippen LogP contribution is 2.31. The van der Waals surface area contributed by atoms with Gasteiger partial charge in [-0.3, -0.25) is 35.0 Å². The third-order valence-corrected chi connectivity index (χ3v) is 11.1. The summed E-state index contributed by atoms with van der Waals surface area (Å²) < 4.78 is 42.4. The van der Waals surface area contributed by atoms with Gasteiger partial charge in [0.1, 0.15) is 0 Å². The van der Waals surface area contributed by atoms with Crippen LogP contribution in [0.25, 0.3) is 0 Å². The summed E-state index contributed by atoms with van der Waals surface area (Å²) in [5.41, 5.74) is 34.2. The zero-order valence-electron chi connectivity index (χ0n) is 33.0. The number of nitrogen functional groups attached to an aromatic ring is 4. The maximum absolute atomic E-state index is 13.6. The minimum absolute atomic E-state index is 0.0170. The third-order valence-electron chi connectivity index (χ3n) is 10.5. The van der Waals surface area contributed by atoms with E-state index in [4.69, 9.17) is 83.4 Å². The molecule has 0 radical (unpaired) electrons. The Hall–Kier alpha value is -6.84. The van der Waals surface area contributed by atoms with Crippen molar-refractivity contribution in [2.45, 2.75) is 56.8 Å². The smallest absolute Gasteiger partial charge is 0.386 e. The second kappa shape index (κ2) is 18.2. The van der Waals surface area contributed by atoms with Crippen LogP contribution >= 0.6 is 23.2 Å². The number of nitrogens with zero attached hydrogens (tertiary/aromatic N) is 12. The number of alkyl halides is 3. The Morgan fingerprint density at radius 2 is 0.921 bits per heavy atom. The van der Waals surface area contributed by atoms with Gasteiger partial charge in [-0.05, 0) is 38.5 Å². The summed E-state index contributed by atoms with van der Waals surface area (Å²) >= 11 is 12.0. The molecule has 3 saturated heterocycles. The Bertz CT molecular complexity index is 2190. The largest absolute Gasteiger partial charge is 0.491 e. The van der Waals surface area contributed by atoms with Crippen molar-refractivity contribution in [2.75, 3.05) is 76.9 Å². The molecule has 3 aromatic heterocycles. The van der Waals surface area contributed by atoms with Gasteiger partial charge in [0.2, 0.25) is 17.8 Å². The SMILES string of the molecule is N=C(N)N(C(=O)c1nc(Cl)c(N)nc1N)C1CCN(c2nc(N3CCC(C(=O)OC(=O)C(F)(F)F)CC3)nc(N3CCC(N(C(=N)N)C(=O)c4nc(Cl)c(N)nc4N)CC3)n2)CC1. The fourth-order valence-corrected chi connectivity index (χ4v) is 7.59. The van der Waals surface area contributed by atoms with E-state index in [-0.39, 0.29) is 141 Å². The van der Waals surface area contributed by atoms with Crippen LogP contribution in [0.1, 0.15) is 59.5 Å². The topological polar surface area (TPSA) is 388 Å². The molecule has 3 aliphatic rings. The Kier molecular flexibility index (Phi) is 13.2. The van der Waals surface area contributed by atoms with Gasteiger partial charge in [0, 0.05) is 51.4 Å². The molecule has 14 N–H and O–H groups in total. The molecule has 0 bridgehead atoms. The normalized spacial score (nSPS) is 16.7. The molecule has 0 unspecified atom stereocenters. The number of ether oxygens (including phenoxy) is 1. The lowest BCUT2D eigenvalue weighted by Crippen LogP contribution is -2.53. The van der Waals surface area contributed by atoms with Gasteiger partial charge in [0.15, 0.2) is 56.9 Å². The number of aromatic nitrogens is 7. The molecular weight excluding hydrogens is 884 g/mol. The Balaban J connectivity index is 1.22. The summed E-state index contributed by atoms with van der Waals surface area (Å²) in [5, 5.41) is 15.9. The van der Waals surface area contributed by atoms with Crippen LogP contribution in [0.3, 0.4) is 0 Å². The fourth-order valence-electron chi connectivity index (χ4n) is 7.33. The predicted molar refractivity (Wildman–Crippen MR) is 220 cm³/mol. The number of hydrogen-bond donors (Lipinski definition) is 8. The van der Waals surface area contributed by atoms with E-state index in [1.807, 2.05) is 9.80 Å². The molecule has 63 heavy (non-hydrogen) atoms. The summed E-state index contributed by atoms with van der Waals surface area (Å²) in [6.07, 6.45) is -4.26. The minimum Gasteiger partial charge on any atom is -0.386 e. The van der Waals surface area contributed by atoms with Gasteiger partial charge in [0.25, 0.3) is 11.8 Å². The summed E-state index contributed by atoms with van der Waals surface area (Å²) in [7, 11) is 0. The molecule has 0 aromatic carbocycles. The van der Waals surface area contributed by atoms with Gasteiger partial charge >= 0.3 is 18.1 Å². The maximum Gasteiger partial charge on any atom is 0.491 e. The number of nitrogens with two attached hydrogens (primary N) is 6. The number of nitrogens with one attached hydrogen (secondary N) is 2. The molecule has 3 aliphatic heterocycles. The number of halogens is 5. The molecule has 3 aromatic rings. The van der Waals surface area contributed by atoms with E-state index in [1.165, 1.54) is 0 Å². The molecule has 25 nitrogen and oxygen atoms in total. The first-order chi connectivity index (χ1) is 29.6. The number of carbonyl (C=O) groups excluding carboxylic acids is 4. The molecule has 0 spiro atoms. The molecule has 0 atom stereocenters. The van der Waals surface area contributed by atoms with Crippen LogP contribution in [0, 0.1) is 16.7 Å². The van der Waals surface area contributed by atoms with Crippen LogP contribution in [0.5, 0.6) is 0 Å². The fraction of sp³-hybridized carbons (Fsp3) is 0.485. The summed E-state index contributed by atoms with van der Waals surface area (Å²) in [4.78, 5) is 88.1. The van der Waals surface area contributed by atoms with Crippen LogP contribution in [0.4, 0.5) is 54.3 Å². The van der Waals surface area contributed by atoms with E-state index in [0.717, 1.165) is 9.80 Å². The predicted octanol–water partition coefficient (Wildman–Crippen LogP) is -0.0550. The number of rotatable bonds is 8. The van der Waals surface area contributed by atoms with Gasteiger partial charge in [-0.15, -0.1) is 0 Å². The van der Waals surface area contributed by atoms with E-state index >= 15 is 0 Å². The van der Waals surface area contributed by atoms with Crippen molar-refractivity contribution in [3.63, 3.8) is 0 Å². The molecule has 0 saturated carbocycles. The summed E-state index contributed by atoms with van der Waals surface area (Å²) in [5.74, 6) is -8.05. The van der Waals surface area contributed by atoms with Gasteiger partial charge in [-0.1, -0.05) is 23.2 Å². The van der Waals surface area contributed by atoms with Gasteiger partial charge < -0.3 is 53.8 Å². The van der Waals surface area contributed by atoms with E-state index in [0.29, 0.717) is 0 Å². The van der Waals surface area contributed by atoms with Gasteiger partial charge in [-0.2, -0.15) is 28.1 Å². The minimum atomic E-state index is -5.33. The van der Waals surface area contributed by atoms with Gasteiger partial charge in [-0.25, -0.2) is 24.7 Å². The number of anilines is 7. The number of carbonyl (C=O) groups is 4. The lowest BCUT2D eigenvalue weighted by atomic mass is 9.97. The number of amides is 2. The summed E-state index contributed by atoms with van der Waals surface area (Å²) in [6, 6.07) is -1.21. The summed E-state index contributed by atoms with van der Waals surface area (Å²) in [6.45, 7) is 1.17. The number of piperidine rings is 3. The average molecular weight is 926 g/mol. The van der Waals surface area contributed by atoms with E-state index in [1.54, 1.807) is 4.90 Å². The Labute approximate surface area is 364 Å². The standard InChI is InChI=1S/C33H41Cl2F3N20O5/c34-18-22(41)49-20(39)16(47-18)24(59)57(28(43)44)14-3-9-55(10-4-14)31-51-30(54-7-1-13(2-8-54)26(61)63-27(62)33(36,37)38)52-32(53-31)56-11-5-15(6-12-56)58(29(45)46)25(60)17-21(40)50-23(42)19(35)48-17/h13-15H,1-12H2,(H3,43,44)(H3,45,46)(H4,39,41,49)(H4,40,42,50).